The van der Waals surface area contributed by atoms with Crippen LogP contribution in [0.1, 0.15) is 43.7 Å². The minimum Gasteiger partial charge on any atom is -0.489 e. The van der Waals surface area contributed by atoms with Gasteiger partial charge in [-0.15, -0.1) is 0 Å². The maximum Gasteiger partial charge on any atom is 0.414 e. The van der Waals surface area contributed by atoms with Gasteiger partial charge in [-0.05, 0) is 55.6 Å². The summed E-state index contributed by atoms with van der Waals surface area (Å²) < 4.78 is 5.86. The zero-order valence-electron chi connectivity index (χ0n) is 19.6. The van der Waals surface area contributed by atoms with Crippen LogP contribution in [0.15, 0.2) is 54.6 Å². The lowest BCUT2D eigenvalue weighted by molar-refractivity contribution is -0.159. The monoisotopic (exact) mass is 470 g/mol. The van der Waals surface area contributed by atoms with Crippen molar-refractivity contribution in [3.8, 4) is 5.75 Å². The molecule has 0 aliphatic carbocycles. The topological polar surface area (TPSA) is 116 Å². The molecule has 0 aromatic heterocycles. The van der Waals surface area contributed by atoms with Crippen LogP contribution in [0.4, 0.5) is 0 Å². The molecule has 0 saturated carbocycles. The number of nitrogens with zero attached hydrogens (tertiary/aromatic N) is 1. The normalized spacial score (nSPS) is 13.9. The molecule has 3 N–H and O–H groups in total. The summed E-state index contributed by atoms with van der Waals surface area (Å²) in [7, 11) is 0. The smallest absolute Gasteiger partial charge is 0.414 e. The van der Waals surface area contributed by atoms with E-state index >= 15 is 0 Å². The van der Waals surface area contributed by atoms with Crippen LogP contribution < -0.4 is 10.1 Å². The standard InChI is InChI=1S/C24H32N2O2.C2H2O4/c1-2-3-15-25-24(27)22-13-16-26(17-14-22)18-20-9-11-23(12-10-20)28-19-21-7-5-4-6-8-21;3-1(4)2(5)6/h4-12,22H,2-3,13-19H2,1H3,(H,25,27);(H,3,4)(H,5,6). The Labute approximate surface area is 200 Å². The Balaban J connectivity index is 0.000000604. The van der Waals surface area contributed by atoms with E-state index in [4.69, 9.17) is 24.5 Å². The summed E-state index contributed by atoms with van der Waals surface area (Å²) in [5.41, 5.74) is 2.46. The Bertz CT molecular complexity index is 881. The van der Waals surface area contributed by atoms with E-state index in [0.717, 1.165) is 57.6 Å². The van der Waals surface area contributed by atoms with Gasteiger partial charge in [0.15, 0.2) is 0 Å². The van der Waals surface area contributed by atoms with Crippen LogP contribution in [-0.2, 0) is 27.5 Å². The maximum absolute atomic E-state index is 12.2. The second-order valence-electron chi connectivity index (χ2n) is 8.22. The molecule has 34 heavy (non-hydrogen) atoms. The van der Waals surface area contributed by atoms with Gasteiger partial charge in [-0.1, -0.05) is 55.8 Å². The Morgan fingerprint density at radius 2 is 1.56 bits per heavy atom. The summed E-state index contributed by atoms with van der Waals surface area (Å²) in [5, 5.41) is 17.9. The summed E-state index contributed by atoms with van der Waals surface area (Å²) in [6, 6.07) is 18.6. The highest BCUT2D eigenvalue weighted by atomic mass is 16.5. The highest BCUT2D eigenvalue weighted by Crippen LogP contribution is 2.21. The molecule has 1 aliphatic rings. The Morgan fingerprint density at radius 1 is 0.941 bits per heavy atom. The van der Waals surface area contributed by atoms with Gasteiger partial charge < -0.3 is 20.3 Å². The third kappa shape index (κ3) is 10.0. The van der Waals surface area contributed by atoms with Crippen LogP contribution in [0.2, 0.25) is 0 Å². The van der Waals surface area contributed by atoms with Gasteiger partial charge in [0.2, 0.25) is 5.91 Å². The molecule has 1 heterocycles. The van der Waals surface area contributed by atoms with E-state index in [2.05, 4.69) is 41.4 Å². The van der Waals surface area contributed by atoms with E-state index in [1.165, 1.54) is 11.1 Å². The van der Waals surface area contributed by atoms with Crippen molar-refractivity contribution in [1.29, 1.82) is 0 Å². The van der Waals surface area contributed by atoms with Gasteiger partial charge in [0.05, 0.1) is 0 Å². The largest absolute Gasteiger partial charge is 0.489 e. The molecule has 0 bridgehead atoms. The SMILES string of the molecule is CCCCNC(=O)C1CCN(Cc2ccc(OCc3ccccc3)cc2)CC1.O=C(O)C(=O)O. The van der Waals surface area contributed by atoms with Gasteiger partial charge >= 0.3 is 11.9 Å². The number of rotatable bonds is 9. The number of hydrogen-bond acceptors (Lipinski definition) is 5. The molecular formula is C26H34N2O6. The molecule has 1 saturated heterocycles. The van der Waals surface area contributed by atoms with Crippen LogP contribution in [0.3, 0.4) is 0 Å². The van der Waals surface area contributed by atoms with Crippen LogP contribution in [0, 0.1) is 5.92 Å². The van der Waals surface area contributed by atoms with E-state index < -0.39 is 11.9 Å². The number of amides is 1. The van der Waals surface area contributed by atoms with E-state index in [9.17, 15) is 4.79 Å². The van der Waals surface area contributed by atoms with Crippen molar-refractivity contribution in [3.63, 3.8) is 0 Å². The molecule has 2 aromatic rings. The third-order valence-corrected chi connectivity index (χ3v) is 5.55. The molecule has 0 spiro atoms. The molecule has 1 aliphatic heterocycles. The van der Waals surface area contributed by atoms with Gasteiger partial charge in [-0.3, -0.25) is 9.69 Å². The average molecular weight is 471 g/mol. The lowest BCUT2D eigenvalue weighted by atomic mass is 9.95. The lowest BCUT2D eigenvalue weighted by Gasteiger charge is -2.31. The molecule has 0 unspecified atom stereocenters. The van der Waals surface area contributed by atoms with Crippen molar-refractivity contribution in [2.75, 3.05) is 19.6 Å². The number of piperidine rings is 1. The number of carboxylic acids is 2. The first-order chi connectivity index (χ1) is 16.4. The second-order valence-corrected chi connectivity index (χ2v) is 8.22. The Hall–Kier alpha value is -3.39. The first-order valence-corrected chi connectivity index (χ1v) is 11.6. The van der Waals surface area contributed by atoms with Crippen LogP contribution in [-0.4, -0.2) is 52.6 Å². The first kappa shape index (κ1) is 26.9. The number of carbonyl (C=O) groups excluding carboxylic acids is 1. The summed E-state index contributed by atoms with van der Waals surface area (Å²) in [6.07, 6.45) is 4.09. The highest BCUT2D eigenvalue weighted by Gasteiger charge is 2.24. The van der Waals surface area contributed by atoms with Crippen molar-refractivity contribution in [2.24, 2.45) is 5.92 Å². The second kappa shape index (κ2) is 14.7. The fourth-order valence-corrected chi connectivity index (χ4v) is 3.58. The van der Waals surface area contributed by atoms with Crippen molar-refractivity contribution in [2.45, 2.75) is 45.8 Å². The maximum atomic E-state index is 12.2. The van der Waals surface area contributed by atoms with Crippen LogP contribution in [0.5, 0.6) is 5.75 Å². The molecule has 8 heteroatoms. The predicted octanol–water partition coefficient (Wildman–Crippen LogP) is 3.55. The minimum absolute atomic E-state index is 0.182. The van der Waals surface area contributed by atoms with Crippen molar-refractivity contribution in [3.05, 3.63) is 65.7 Å². The number of carbonyl (C=O) groups is 3. The first-order valence-electron chi connectivity index (χ1n) is 11.6. The van der Waals surface area contributed by atoms with E-state index in [1.807, 2.05) is 30.3 Å². The molecule has 8 nitrogen and oxygen atoms in total. The van der Waals surface area contributed by atoms with Gasteiger partial charge in [0, 0.05) is 19.0 Å². The number of ether oxygens (including phenoxy) is 1. The molecule has 0 radical (unpaired) electrons. The van der Waals surface area contributed by atoms with Gasteiger partial charge in [0.1, 0.15) is 12.4 Å². The van der Waals surface area contributed by atoms with Crippen molar-refractivity contribution < 1.29 is 29.3 Å². The number of benzene rings is 2. The van der Waals surface area contributed by atoms with E-state index in [0.29, 0.717) is 6.61 Å². The number of hydrogen-bond donors (Lipinski definition) is 3. The van der Waals surface area contributed by atoms with Crippen LogP contribution >= 0.6 is 0 Å². The zero-order chi connectivity index (χ0) is 24.8. The fourth-order valence-electron chi connectivity index (χ4n) is 3.58. The highest BCUT2D eigenvalue weighted by molar-refractivity contribution is 6.27. The molecule has 1 fully saturated rings. The summed E-state index contributed by atoms with van der Waals surface area (Å²) in [5.74, 6) is -2.32. The van der Waals surface area contributed by atoms with Gasteiger partial charge in [-0.25, -0.2) is 9.59 Å². The number of aliphatic carboxylic acids is 2. The molecule has 0 atom stereocenters. The number of likely N-dealkylation sites (tertiary alicyclic amines) is 1. The quantitative estimate of drug-likeness (QED) is 0.379. The molecule has 1 amide bonds. The van der Waals surface area contributed by atoms with Gasteiger partial charge in [0.25, 0.3) is 0 Å². The number of nitrogens with one attached hydrogen (secondary N) is 1. The molecule has 3 rings (SSSR count). The molecular weight excluding hydrogens is 436 g/mol. The third-order valence-electron chi connectivity index (χ3n) is 5.55. The van der Waals surface area contributed by atoms with Gasteiger partial charge in [-0.2, -0.15) is 0 Å². The molecule has 2 aromatic carbocycles. The fraction of sp³-hybridized carbons (Fsp3) is 0.423. The van der Waals surface area contributed by atoms with Crippen molar-refractivity contribution >= 4 is 17.8 Å². The van der Waals surface area contributed by atoms with Crippen LogP contribution in [0.25, 0.3) is 0 Å². The van der Waals surface area contributed by atoms with E-state index in [1.54, 1.807) is 0 Å². The Kier molecular flexibility index (Phi) is 11.6. The lowest BCUT2D eigenvalue weighted by Crippen LogP contribution is -2.40. The average Bonchev–Trinajstić information content (AvgIpc) is 2.85. The minimum atomic E-state index is -1.82. The predicted molar refractivity (Wildman–Crippen MR) is 128 cm³/mol. The number of carboxylic acid groups (broad SMARTS) is 2. The summed E-state index contributed by atoms with van der Waals surface area (Å²) >= 11 is 0. The molecule has 184 valence electrons. The Morgan fingerprint density at radius 3 is 2.12 bits per heavy atom. The zero-order valence-corrected chi connectivity index (χ0v) is 19.6. The van der Waals surface area contributed by atoms with E-state index in [-0.39, 0.29) is 11.8 Å². The number of unbranched alkanes of at least 4 members (excludes halogenated alkanes) is 1. The summed E-state index contributed by atoms with van der Waals surface area (Å²) in [6.45, 7) is 6.45. The summed E-state index contributed by atoms with van der Waals surface area (Å²) in [4.78, 5) is 32.8. The van der Waals surface area contributed by atoms with Crippen molar-refractivity contribution in [1.82, 2.24) is 10.2 Å².